The summed E-state index contributed by atoms with van der Waals surface area (Å²) in [7, 11) is 0. The van der Waals surface area contributed by atoms with Crippen molar-refractivity contribution in [2.75, 3.05) is 0 Å². The van der Waals surface area contributed by atoms with E-state index in [0.717, 1.165) is 28.3 Å². The normalized spacial score (nSPS) is 12.4. The topological polar surface area (TPSA) is 22.4 Å². The van der Waals surface area contributed by atoms with Crippen molar-refractivity contribution in [1.29, 1.82) is 0 Å². The highest BCUT2D eigenvalue weighted by Crippen LogP contribution is 2.31. The first-order chi connectivity index (χ1) is 18.3. The molecule has 0 spiro atoms. The third kappa shape index (κ3) is 2.77. The second-order valence-corrected chi connectivity index (χ2v) is 9.68. The number of ether oxygens (including phenoxy) is 1. The largest absolute Gasteiger partial charge is 0.458 e. The SMILES string of the molecule is Cc1ccccc1Oc1ccccc1B1c2ccccc2-n2c3ccccc3n3c4ccccc4[n+]1c23. The van der Waals surface area contributed by atoms with Gasteiger partial charge in [-0.05, 0) is 55.0 Å². The zero-order valence-corrected chi connectivity index (χ0v) is 20.4. The van der Waals surface area contributed by atoms with Gasteiger partial charge in [0.2, 0.25) is 0 Å². The molecule has 0 atom stereocenters. The lowest BCUT2D eigenvalue weighted by molar-refractivity contribution is -0.476. The van der Waals surface area contributed by atoms with Crippen LogP contribution in [-0.4, -0.2) is 15.8 Å². The minimum absolute atomic E-state index is 0.0527. The van der Waals surface area contributed by atoms with Gasteiger partial charge in [0.15, 0.2) is 0 Å². The Hall–Kier alpha value is -4.77. The summed E-state index contributed by atoms with van der Waals surface area (Å²) in [5.41, 5.74) is 9.50. The number of nitrogens with zero attached hydrogens (tertiary/aromatic N) is 3. The van der Waals surface area contributed by atoms with Crippen molar-refractivity contribution in [3.05, 3.63) is 127 Å². The van der Waals surface area contributed by atoms with Crippen LogP contribution >= 0.6 is 0 Å². The Labute approximate surface area is 214 Å². The third-order valence-electron chi connectivity index (χ3n) is 7.62. The predicted octanol–water partition coefficient (Wildman–Crippen LogP) is 5.39. The number of para-hydroxylation sites is 7. The summed E-state index contributed by atoms with van der Waals surface area (Å²) in [6.07, 6.45) is 0. The van der Waals surface area contributed by atoms with E-state index < -0.39 is 0 Å². The standard InChI is InChI=1S/C32H23BN3O/c1-22-12-2-10-20-30(22)37-31-21-11-4-14-24(31)33-23-13-3-5-15-25(23)34-26-16-6-7-17-27(26)35-28-18-8-9-19-29(28)36(33)32(34)35/h2-21H,1H3/q+1. The van der Waals surface area contributed by atoms with Crippen molar-refractivity contribution in [2.24, 2.45) is 0 Å². The van der Waals surface area contributed by atoms with E-state index in [-0.39, 0.29) is 6.85 Å². The summed E-state index contributed by atoms with van der Waals surface area (Å²) in [4.78, 5) is 0. The van der Waals surface area contributed by atoms with Crippen LogP contribution in [0.15, 0.2) is 121 Å². The number of rotatable bonds is 3. The lowest BCUT2D eigenvalue weighted by Crippen LogP contribution is -2.68. The zero-order chi connectivity index (χ0) is 24.5. The number of hydrogen-bond donors (Lipinski definition) is 0. The molecule has 0 bridgehead atoms. The Morgan fingerprint density at radius 1 is 0.595 bits per heavy atom. The van der Waals surface area contributed by atoms with Crippen molar-refractivity contribution in [1.82, 2.24) is 8.97 Å². The highest BCUT2D eigenvalue weighted by molar-refractivity contribution is 6.80. The molecule has 0 N–H and O–H groups in total. The van der Waals surface area contributed by atoms with Gasteiger partial charge in [0.05, 0.1) is 0 Å². The van der Waals surface area contributed by atoms with Crippen LogP contribution in [-0.2, 0) is 0 Å². The molecule has 0 aliphatic carbocycles. The molecule has 8 rings (SSSR count). The second kappa shape index (κ2) is 7.61. The van der Waals surface area contributed by atoms with Gasteiger partial charge in [-0.1, -0.05) is 78.9 Å². The van der Waals surface area contributed by atoms with E-state index in [4.69, 9.17) is 4.74 Å². The van der Waals surface area contributed by atoms with E-state index in [2.05, 4.69) is 123 Å². The monoisotopic (exact) mass is 476 g/mol. The van der Waals surface area contributed by atoms with Crippen LogP contribution in [0.5, 0.6) is 11.5 Å². The summed E-state index contributed by atoms with van der Waals surface area (Å²) >= 11 is 0. The minimum Gasteiger partial charge on any atom is -0.458 e. The van der Waals surface area contributed by atoms with Gasteiger partial charge in [0.25, 0.3) is 0 Å². The number of imidazole rings is 2. The maximum absolute atomic E-state index is 6.61. The Kier molecular flexibility index (Phi) is 4.20. The van der Waals surface area contributed by atoms with Gasteiger partial charge >= 0.3 is 12.6 Å². The first kappa shape index (κ1) is 20.4. The molecule has 1 aliphatic rings. The van der Waals surface area contributed by atoms with E-state index in [1.807, 2.05) is 18.2 Å². The summed E-state index contributed by atoms with van der Waals surface area (Å²) in [6.45, 7) is 2.04. The van der Waals surface area contributed by atoms with Gasteiger partial charge in [0.1, 0.15) is 39.3 Å². The van der Waals surface area contributed by atoms with Crippen LogP contribution in [0.2, 0.25) is 0 Å². The first-order valence-electron chi connectivity index (χ1n) is 12.7. The van der Waals surface area contributed by atoms with E-state index in [1.54, 1.807) is 0 Å². The van der Waals surface area contributed by atoms with Gasteiger partial charge in [-0.3, -0.25) is 4.48 Å². The van der Waals surface area contributed by atoms with Gasteiger partial charge in [-0.2, -0.15) is 8.97 Å². The van der Waals surface area contributed by atoms with Crippen LogP contribution in [0.1, 0.15) is 5.56 Å². The molecule has 0 unspecified atom stereocenters. The predicted molar refractivity (Wildman–Crippen MR) is 150 cm³/mol. The van der Waals surface area contributed by atoms with Crippen molar-refractivity contribution in [3.63, 3.8) is 0 Å². The maximum Gasteiger partial charge on any atom is 0.418 e. The molecule has 5 aromatic carbocycles. The smallest absolute Gasteiger partial charge is 0.418 e. The second-order valence-electron chi connectivity index (χ2n) is 9.68. The number of aryl methyl sites for hydroxylation is 1. The van der Waals surface area contributed by atoms with E-state index in [1.165, 1.54) is 33.2 Å². The lowest BCUT2D eigenvalue weighted by atomic mass is 9.49. The van der Waals surface area contributed by atoms with Crippen LogP contribution in [0.3, 0.4) is 0 Å². The molecule has 0 fully saturated rings. The average Bonchev–Trinajstić information content (AvgIpc) is 3.46. The molecule has 0 amide bonds. The Bertz CT molecular complexity index is 2000. The molecule has 7 aromatic rings. The number of hydrogen-bond acceptors (Lipinski definition) is 1. The van der Waals surface area contributed by atoms with Crippen LogP contribution in [0.25, 0.3) is 33.5 Å². The summed E-state index contributed by atoms with van der Waals surface area (Å²) < 4.78 is 13.9. The number of fused-ring (bicyclic) bond motifs is 8. The Morgan fingerprint density at radius 2 is 1.22 bits per heavy atom. The molecule has 1 aliphatic heterocycles. The molecule has 5 heteroatoms. The fourth-order valence-corrected chi connectivity index (χ4v) is 6.02. The van der Waals surface area contributed by atoms with Crippen molar-refractivity contribution in [3.8, 4) is 17.2 Å². The fraction of sp³-hybridized carbons (Fsp3) is 0.0312. The number of aromatic nitrogens is 3. The van der Waals surface area contributed by atoms with Crippen LogP contribution < -0.4 is 20.1 Å². The molecule has 4 nitrogen and oxygen atoms in total. The maximum atomic E-state index is 6.61. The van der Waals surface area contributed by atoms with E-state index >= 15 is 0 Å². The van der Waals surface area contributed by atoms with Gasteiger partial charge in [-0.25, -0.2) is 0 Å². The zero-order valence-electron chi connectivity index (χ0n) is 20.4. The first-order valence-corrected chi connectivity index (χ1v) is 12.7. The third-order valence-corrected chi connectivity index (χ3v) is 7.62. The van der Waals surface area contributed by atoms with Gasteiger partial charge < -0.3 is 4.74 Å². The molecular weight excluding hydrogens is 453 g/mol. The average molecular weight is 476 g/mol. The number of benzene rings is 5. The molecule has 174 valence electrons. The van der Waals surface area contributed by atoms with Crippen LogP contribution in [0, 0.1) is 6.92 Å². The van der Waals surface area contributed by atoms with Crippen molar-refractivity contribution in [2.45, 2.75) is 6.92 Å². The molecule has 37 heavy (non-hydrogen) atoms. The molecule has 0 saturated heterocycles. The van der Waals surface area contributed by atoms with Crippen molar-refractivity contribution >= 4 is 45.6 Å². The van der Waals surface area contributed by atoms with Crippen molar-refractivity contribution < 1.29 is 9.21 Å². The van der Waals surface area contributed by atoms with E-state index in [0.29, 0.717) is 0 Å². The quantitative estimate of drug-likeness (QED) is 0.314. The molecule has 0 saturated carbocycles. The summed E-state index contributed by atoms with van der Waals surface area (Å²) in [5.74, 6) is 2.90. The highest BCUT2D eigenvalue weighted by Gasteiger charge is 2.44. The lowest BCUT2D eigenvalue weighted by Gasteiger charge is -2.22. The minimum atomic E-state index is -0.0527. The Balaban J connectivity index is 1.50. The van der Waals surface area contributed by atoms with Gasteiger partial charge in [0, 0.05) is 10.9 Å². The molecule has 3 heterocycles. The summed E-state index contributed by atoms with van der Waals surface area (Å²) in [6, 6.07) is 42.8. The summed E-state index contributed by atoms with van der Waals surface area (Å²) in [5, 5.41) is 0. The van der Waals surface area contributed by atoms with Crippen LogP contribution in [0.4, 0.5) is 0 Å². The highest BCUT2D eigenvalue weighted by atomic mass is 16.5. The molecule has 2 aromatic heterocycles. The van der Waals surface area contributed by atoms with E-state index in [9.17, 15) is 0 Å². The molecular formula is C32H23BN3O+. The molecule has 0 radical (unpaired) electrons. The Morgan fingerprint density at radius 3 is 2.05 bits per heavy atom. The fourth-order valence-electron chi connectivity index (χ4n) is 6.02. The van der Waals surface area contributed by atoms with Gasteiger partial charge in [-0.15, -0.1) is 0 Å².